The van der Waals surface area contributed by atoms with Gasteiger partial charge in [0.25, 0.3) is 0 Å². The summed E-state index contributed by atoms with van der Waals surface area (Å²) in [6.45, 7) is -0.347. The average molecular weight is 485 g/mol. The Hall–Kier alpha value is -3.12. The third kappa shape index (κ3) is 4.72. The lowest BCUT2D eigenvalue weighted by molar-refractivity contribution is -0.124. The summed E-state index contributed by atoms with van der Waals surface area (Å²) in [4.78, 5) is 24.6. The van der Waals surface area contributed by atoms with Gasteiger partial charge in [-0.05, 0) is 49.4 Å². The van der Waals surface area contributed by atoms with E-state index < -0.39 is 35.7 Å². The van der Waals surface area contributed by atoms with Gasteiger partial charge in [-0.1, -0.05) is 5.21 Å². The summed E-state index contributed by atoms with van der Waals surface area (Å²) in [6, 6.07) is 6.14. The highest BCUT2D eigenvalue weighted by atomic mass is 16.5. The molecule has 1 fully saturated rings. The zero-order chi connectivity index (χ0) is 24.5. The molecular weight excluding hydrogens is 456 g/mol. The van der Waals surface area contributed by atoms with Gasteiger partial charge in [0.1, 0.15) is 23.9 Å². The monoisotopic (exact) mass is 484 g/mol. The standard InChI is InChI=1S/C24H28N4O7/c29-10-15-11-34-12-17(24(33)23(15)32)25-20(30)9-28-18-4-2-1-3-13-7-14-5-6-21(31)35-19(14)8-16(13)22(18)26-27-28/h5-8,15,17,23-24,29,32-33H,1-4,9-12H2,(H,25,30). The Morgan fingerprint density at radius 2 is 1.97 bits per heavy atom. The lowest BCUT2D eigenvalue weighted by atomic mass is 9.92. The fraction of sp³-hybridized carbons (Fsp3) is 0.500. The number of hydrogen-bond donors (Lipinski definition) is 4. The fourth-order valence-electron chi connectivity index (χ4n) is 4.85. The van der Waals surface area contributed by atoms with E-state index in [1.54, 1.807) is 10.7 Å². The van der Waals surface area contributed by atoms with Crippen LogP contribution in [0.5, 0.6) is 0 Å². The van der Waals surface area contributed by atoms with Crippen LogP contribution in [0, 0.1) is 5.92 Å². The second-order valence-corrected chi connectivity index (χ2v) is 9.19. The first-order valence-corrected chi connectivity index (χ1v) is 11.8. The normalized spacial score (nSPS) is 24.7. The van der Waals surface area contributed by atoms with Gasteiger partial charge in [-0.25, -0.2) is 9.48 Å². The predicted octanol–water partition coefficient (Wildman–Crippen LogP) is -0.224. The van der Waals surface area contributed by atoms with E-state index in [9.17, 15) is 24.9 Å². The molecule has 3 heterocycles. The van der Waals surface area contributed by atoms with Crippen LogP contribution in [-0.4, -0.2) is 74.3 Å². The summed E-state index contributed by atoms with van der Waals surface area (Å²) >= 11 is 0. The molecule has 0 radical (unpaired) electrons. The van der Waals surface area contributed by atoms with Gasteiger partial charge in [-0.15, -0.1) is 5.10 Å². The SMILES string of the molecule is O=C(Cn1nnc2c1CCCCc1cc3ccc(=O)oc3cc1-2)NC1COCC(CO)C(O)C1O. The highest BCUT2D eigenvalue weighted by Gasteiger charge is 2.36. The van der Waals surface area contributed by atoms with Gasteiger partial charge in [0.2, 0.25) is 5.91 Å². The molecule has 1 saturated heterocycles. The van der Waals surface area contributed by atoms with Crippen molar-refractivity contribution < 1.29 is 29.3 Å². The minimum Gasteiger partial charge on any atom is -0.423 e. The molecular formula is C24H28N4O7. The number of fused-ring (bicyclic) bond motifs is 4. The molecule has 2 aliphatic rings. The van der Waals surface area contributed by atoms with E-state index in [4.69, 9.17) is 9.15 Å². The van der Waals surface area contributed by atoms with Crippen molar-refractivity contribution in [3.05, 3.63) is 45.9 Å². The smallest absolute Gasteiger partial charge is 0.336 e. The molecule has 0 bridgehead atoms. The second kappa shape index (κ2) is 9.86. The van der Waals surface area contributed by atoms with Crippen LogP contribution >= 0.6 is 0 Å². The van der Waals surface area contributed by atoms with Crippen molar-refractivity contribution in [2.75, 3.05) is 19.8 Å². The van der Waals surface area contributed by atoms with Crippen molar-refractivity contribution in [3.63, 3.8) is 0 Å². The maximum absolute atomic E-state index is 12.8. The van der Waals surface area contributed by atoms with Gasteiger partial charge in [0, 0.05) is 22.9 Å². The maximum Gasteiger partial charge on any atom is 0.336 e. The minimum atomic E-state index is -1.27. The maximum atomic E-state index is 12.8. The lowest BCUT2D eigenvalue weighted by Crippen LogP contribution is -2.52. The topological polar surface area (TPSA) is 160 Å². The van der Waals surface area contributed by atoms with Crippen LogP contribution in [0.2, 0.25) is 0 Å². The number of aliphatic hydroxyl groups is 3. The van der Waals surface area contributed by atoms with E-state index in [2.05, 4.69) is 15.6 Å². The van der Waals surface area contributed by atoms with Gasteiger partial charge in [-0.2, -0.15) is 0 Å². The molecule has 2 aromatic heterocycles. The molecule has 186 valence electrons. The highest BCUT2D eigenvalue weighted by molar-refractivity contribution is 5.85. The average Bonchev–Trinajstić information content (AvgIpc) is 3.16. The Labute approximate surface area is 200 Å². The Bertz CT molecular complexity index is 1290. The van der Waals surface area contributed by atoms with Crippen molar-refractivity contribution >= 4 is 16.9 Å². The lowest BCUT2D eigenvalue weighted by Gasteiger charge is -2.26. The number of aliphatic hydroxyl groups excluding tert-OH is 3. The van der Waals surface area contributed by atoms with E-state index >= 15 is 0 Å². The number of benzene rings is 1. The molecule has 5 rings (SSSR count). The molecule has 0 saturated carbocycles. The first kappa shape index (κ1) is 23.6. The molecule has 1 aromatic carbocycles. The third-order valence-electron chi connectivity index (χ3n) is 6.80. The number of aryl methyl sites for hydroxylation is 1. The fourth-order valence-corrected chi connectivity index (χ4v) is 4.85. The molecule has 4 N–H and O–H groups in total. The van der Waals surface area contributed by atoms with Gasteiger partial charge in [0.05, 0.1) is 37.7 Å². The molecule has 1 amide bonds. The summed E-state index contributed by atoms with van der Waals surface area (Å²) in [6.07, 6.45) is 0.885. The van der Waals surface area contributed by atoms with Crippen molar-refractivity contribution in [1.29, 1.82) is 0 Å². The molecule has 1 aliphatic carbocycles. The number of aromatic nitrogens is 3. The zero-order valence-electron chi connectivity index (χ0n) is 19.1. The van der Waals surface area contributed by atoms with Crippen molar-refractivity contribution in [2.24, 2.45) is 5.92 Å². The molecule has 35 heavy (non-hydrogen) atoms. The summed E-state index contributed by atoms with van der Waals surface area (Å²) in [5.41, 5.74) is 3.41. The van der Waals surface area contributed by atoms with E-state index in [0.717, 1.165) is 41.5 Å². The molecule has 4 atom stereocenters. The van der Waals surface area contributed by atoms with Crippen LogP contribution in [0.15, 0.2) is 33.5 Å². The zero-order valence-corrected chi connectivity index (χ0v) is 19.1. The first-order valence-electron chi connectivity index (χ1n) is 11.8. The van der Waals surface area contributed by atoms with Crippen LogP contribution in [0.3, 0.4) is 0 Å². The number of nitrogens with zero attached hydrogens (tertiary/aromatic N) is 3. The molecule has 3 aromatic rings. The largest absolute Gasteiger partial charge is 0.423 e. The third-order valence-corrected chi connectivity index (χ3v) is 6.80. The van der Waals surface area contributed by atoms with Crippen LogP contribution in [0.4, 0.5) is 0 Å². The number of carbonyl (C=O) groups excluding carboxylic acids is 1. The van der Waals surface area contributed by atoms with Gasteiger partial charge in [0.15, 0.2) is 0 Å². The van der Waals surface area contributed by atoms with Crippen LogP contribution in [0.1, 0.15) is 24.1 Å². The first-order chi connectivity index (χ1) is 16.9. The number of amides is 1. The molecule has 1 aliphatic heterocycles. The van der Waals surface area contributed by atoms with Crippen molar-refractivity contribution in [2.45, 2.75) is 50.5 Å². The van der Waals surface area contributed by atoms with Crippen LogP contribution < -0.4 is 10.9 Å². The second-order valence-electron chi connectivity index (χ2n) is 9.19. The summed E-state index contributed by atoms with van der Waals surface area (Å²) < 4.78 is 12.3. The summed E-state index contributed by atoms with van der Waals surface area (Å²) in [5, 5.41) is 42.2. The predicted molar refractivity (Wildman–Crippen MR) is 123 cm³/mol. The Morgan fingerprint density at radius 1 is 1.14 bits per heavy atom. The molecule has 11 nitrogen and oxygen atoms in total. The van der Waals surface area contributed by atoms with E-state index in [1.165, 1.54) is 6.07 Å². The number of rotatable bonds is 4. The van der Waals surface area contributed by atoms with E-state index in [-0.39, 0.29) is 26.4 Å². The molecule has 0 spiro atoms. The van der Waals surface area contributed by atoms with Crippen LogP contribution in [0.25, 0.3) is 22.2 Å². The number of hydrogen-bond acceptors (Lipinski definition) is 9. The summed E-state index contributed by atoms with van der Waals surface area (Å²) in [5.74, 6) is -1.03. The Balaban J connectivity index is 1.39. The van der Waals surface area contributed by atoms with Gasteiger partial charge < -0.3 is 29.8 Å². The van der Waals surface area contributed by atoms with Crippen molar-refractivity contribution in [1.82, 2.24) is 20.3 Å². The van der Waals surface area contributed by atoms with E-state index in [0.29, 0.717) is 17.7 Å². The van der Waals surface area contributed by atoms with Crippen molar-refractivity contribution in [3.8, 4) is 11.3 Å². The minimum absolute atomic E-state index is 0.0155. The summed E-state index contributed by atoms with van der Waals surface area (Å²) in [7, 11) is 0. The van der Waals surface area contributed by atoms with Gasteiger partial charge in [-0.3, -0.25) is 4.79 Å². The Morgan fingerprint density at radius 3 is 2.80 bits per heavy atom. The van der Waals surface area contributed by atoms with E-state index in [1.807, 2.05) is 12.1 Å². The molecule has 4 unspecified atom stereocenters. The quantitative estimate of drug-likeness (QED) is 0.367. The number of nitrogens with one attached hydrogen (secondary N) is 1. The number of carbonyl (C=O) groups is 1. The number of ether oxygens (including phenoxy) is 1. The van der Waals surface area contributed by atoms with Crippen LogP contribution in [-0.2, 0) is 28.9 Å². The Kier molecular flexibility index (Phi) is 6.65. The highest BCUT2D eigenvalue weighted by Crippen LogP contribution is 2.33. The van der Waals surface area contributed by atoms with Gasteiger partial charge >= 0.3 is 5.63 Å². The molecule has 11 heteroatoms.